The molecule has 0 aliphatic heterocycles. The van der Waals surface area contributed by atoms with Crippen molar-refractivity contribution in [3.05, 3.63) is 54.1 Å². The monoisotopic (exact) mass is 316 g/mol. The van der Waals surface area contributed by atoms with E-state index in [2.05, 4.69) is 20.4 Å². The largest absolute Gasteiger partial charge is 0.450 e. The minimum absolute atomic E-state index is 0.0997. The molecule has 7 nitrogen and oxygen atoms in total. The summed E-state index contributed by atoms with van der Waals surface area (Å²) in [5.41, 5.74) is 2.14. The predicted octanol–water partition coefficient (Wildman–Crippen LogP) is 1.29. The molecule has 0 bridgehead atoms. The molecule has 0 saturated heterocycles. The highest BCUT2D eigenvalue weighted by molar-refractivity contribution is 5.82. The quantitative estimate of drug-likeness (QED) is 0.806. The molecule has 0 fully saturated rings. The summed E-state index contributed by atoms with van der Waals surface area (Å²) in [6.07, 6.45) is 4.83. The van der Waals surface area contributed by atoms with Gasteiger partial charge in [-0.1, -0.05) is 24.3 Å². The van der Waals surface area contributed by atoms with Crippen LogP contribution in [0.3, 0.4) is 0 Å². The summed E-state index contributed by atoms with van der Waals surface area (Å²) in [6, 6.07) is 7.95. The lowest BCUT2D eigenvalue weighted by Gasteiger charge is -2.08. The molecule has 0 aliphatic carbocycles. The number of benzene rings is 1. The van der Waals surface area contributed by atoms with Gasteiger partial charge in [-0.05, 0) is 18.1 Å². The molecule has 2 N–H and O–H groups in total. The van der Waals surface area contributed by atoms with Crippen LogP contribution in [0.4, 0.5) is 4.79 Å². The van der Waals surface area contributed by atoms with Crippen LogP contribution in [0.5, 0.6) is 0 Å². The number of alkyl carbamates (subject to hydrolysis) is 1. The van der Waals surface area contributed by atoms with E-state index in [1.807, 2.05) is 35.0 Å². The third-order valence-electron chi connectivity index (χ3n) is 3.11. The molecule has 2 rings (SSSR count). The molecule has 1 aromatic carbocycles. The van der Waals surface area contributed by atoms with Crippen LogP contribution in [0.25, 0.3) is 0 Å². The maximum Gasteiger partial charge on any atom is 0.407 e. The fourth-order valence-electron chi connectivity index (χ4n) is 1.95. The molecule has 1 aromatic heterocycles. The van der Waals surface area contributed by atoms with E-state index in [0.29, 0.717) is 6.54 Å². The summed E-state index contributed by atoms with van der Waals surface area (Å²) in [4.78, 5) is 26.7. The van der Waals surface area contributed by atoms with Crippen LogP contribution in [0.15, 0.2) is 43.0 Å². The van der Waals surface area contributed by atoms with Gasteiger partial charge in [-0.25, -0.2) is 9.78 Å². The highest BCUT2D eigenvalue weighted by atomic mass is 16.5. The van der Waals surface area contributed by atoms with Crippen molar-refractivity contribution < 1.29 is 14.3 Å². The van der Waals surface area contributed by atoms with E-state index in [9.17, 15) is 9.59 Å². The molecule has 0 radical (unpaired) electrons. The number of hydrogen-bond acceptors (Lipinski definition) is 4. The molecule has 0 atom stereocenters. The van der Waals surface area contributed by atoms with Gasteiger partial charge in [-0.3, -0.25) is 4.79 Å². The Morgan fingerprint density at radius 1 is 1.17 bits per heavy atom. The third-order valence-corrected chi connectivity index (χ3v) is 3.11. The maximum atomic E-state index is 11.6. The number of amides is 2. The maximum absolute atomic E-state index is 11.6. The number of hydrogen-bond donors (Lipinski definition) is 2. The van der Waals surface area contributed by atoms with Crippen LogP contribution >= 0.6 is 0 Å². The van der Waals surface area contributed by atoms with Gasteiger partial charge in [-0.2, -0.15) is 0 Å². The lowest BCUT2D eigenvalue weighted by Crippen LogP contribution is -2.36. The van der Waals surface area contributed by atoms with E-state index in [1.165, 1.54) is 0 Å². The Morgan fingerprint density at radius 2 is 1.91 bits per heavy atom. The summed E-state index contributed by atoms with van der Waals surface area (Å²) < 4.78 is 6.66. The van der Waals surface area contributed by atoms with E-state index in [-0.39, 0.29) is 19.1 Å². The van der Waals surface area contributed by atoms with Crippen LogP contribution in [-0.2, 0) is 22.6 Å². The standard InChI is InChI=1S/C16H20N4O3/c1-2-23-16(22)19-10-15(21)18-9-13-3-5-14(6-4-13)11-20-8-7-17-12-20/h3-8,12H,2,9-11H2,1H3,(H,18,21)(H,19,22). The van der Waals surface area contributed by atoms with E-state index >= 15 is 0 Å². The van der Waals surface area contributed by atoms with E-state index in [0.717, 1.165) is 17.7 Å². The van der Waals surface area contributed by atoms with Crippen LogP contribution in [0.2, 0.25) is 0 Å². The van der Waals surface area contributed by atoms with Gasteiger partial charge in [0.05, 0.1) is 12.9 Å². The Bertz CT molecular complexity index is 623. The molecule has 0 spiro atoms. The number of imidazole rings is 1. The first kappa shape index (κ1) is 16.5. The molecular weight excluding hydrogens is 296 g/mol. The first-order chi connectivity index (χ1) is 11.2. The van der Waals surface area contributed by atoms with Gasteiger partial charge in [0.15, 0.2) is 0 Å². The second-order valence-corrected chi connectivity index (χ2v) is 4.90. The first-order valence-corrected chi connectivity index (χ1v) is 7.38. The van der Waals surface area contributed by atoms with E-state index in [1.54, 1.807) is 19.4 Å². The average Bonchev–Trinajstić information content (AvgIpc) is 3.05. The number of carbonyl (C=O) groups excluding carboxylic acids is 2. The van der Waals surface area contributed by atoms with Crippen LogP contribution in [0, 0.1) is 0 Å². The van der Waals surface area contributed by atoms with Crippen molar-refractivity contribution in [2.45, 2.75) is 20.0 Å². The number of ether oxygens (including phenoxy) is 1. The number of rotatable bonds is 7. The molecule has 23 heavy (non-hydrogen) atoms. The Labute approximate surface area is 134 Å². The molecule has 7 heteroatoms. The summed E-state index contributed by atoms with van der Waals surface area (Å²) in [5.74, 6) is -0.263. The fraction of sp³-hybridized carbons (Fsp3) is 0.312. The third kappa shape index (κ3) is 5.82. The molecule has 1 heterocycles. The van der Waals surface area contributed by atoms with Crippen molar-refractivity contribution in [1.29, 1.82) is 0 Å². The molecule has 0 unspecified atom stereocenters. The lowest BCUT2D eigenvalue weighted by molar-refractivity contribution is -0.120. The number of aromatic nitrogens is 2. The van der Waals surface area contributed by atoms with Crippen LogP contribution < -0.4 is 10.6 Å². The van der Waals surface area contributed by atoms with Gasteiger partial charge < -0.3 is 19.9 Å². The highest BCUT2D eigenvalue weighted by Gasteiger charge is 2.05. The van der Waals surface area contributed by atoms with Crippen molar-refractivity contribution >= 4 is 12.0 Å². The normalized spacial score (nSPS) is 10.1. The fourth-order valence-corrected chi connectivity index (χ4v) is 1.95. The van der Waals surface area contributed by atoms with Crippen molar-refractivity contribution in [1.82, 2.24) is 20.2 Å². The van der Waals surface area contributed by atoms with Gasteiger partial charge in [0, 0.05) is 25.5 Å². The Kier molecular flexibility index (Phi) is 6.17. The zero-order valence-electron chi connectivity index (χ0n) is 13.0. The molecular formula is C16H20N4O3. The SMILES string of the molecule is CCOC(=O)NCC(=O)NCc1ccc(Cn2ccnc2)cc1. The average molecular weight is 316 g/mol. The molecule has 2 aromatic rings. The number of nitrogens with zero attached hydrogens (tertiary/aromatic N) is 2. The van der Waals surface area contributed by atoms with Gasteiger partial charge in [0.1, 0.15) is 6.54 Å². The Hall–Kier alpha value is -2.83. The molecule has 2 amide bonds. The zero-order chi connectivity index (χ0) is 16.5. The smallest absolute Gasteiger partial charge is 0.407 e. The van der Waals surface area contributed by atoms with Gasteiger partial charge in [0.2, 0.25) is 5.91 Å². The zero-order valence-corrected chi connectivity index (χ0v) is 13.0. The summed E-state index contributed by atoms with van der Waals surface area (Å²) in [5, 5.41) is 5.11. The topological polar surface area (TPSA) is 85.2 Å². The molecule has 0 saturated carbocycles. The van der Waals surface area contributed by atoms with Gasteiger partial charge in [0.25, 0.3) is 0 Å². The first-order valence-electron chi connectivity index (χ1n) is 7.38. The predicted molar refractivity (Wildman–Crippen MR) is 84.6 cm³/mol. The second kappa shape index (κ2) is 8.57. The van der Waals surface area contributed by atoms with Crippen LogP contribution in [0.1, 0.15) is 18.1 Å². The molecule has 122 valence electrons. The minimum atomic E-state index is -0.591. The summed E-state index contributed by atoms with van der Waals surface area (Å²) >= 11 is 0. The van der Waals surface area contributed by atoms with E-state index < -0.39 is 6.09 Å². The second-order valence-electron chi connectivity index (χ2n) is 4.90. The van der Waals surface area contributed by atoms with Crippen molar-refractivity contribution in [2.24, 2.45) is 0 Å². The van der Waals surface area contributed by atoms with Crippen LogP contribution in [-0.4, -0.2) is 34.7 Å². The van der Waals surface area contributed by atoms with Crippen molar-refractivity contribution in [3.8, 4) is 0 Å². The summed E-state index contributed by atoms with van der Waals surface area (Å²) in [7, 11) is 0. The van der Waals surface area contributed by atoms with E-state index in [4.69, 9.17) is 0 Å². The van der Waals surface area contributed by atoms with Crippen molar-refractivity contribution in [3.63, 3.8) is 0 Å². The van der Waals surface area contributed by atoms with Gasteiger partial charge in [-0.15, -0.1) is 0 Å². The molecule has 0 aliphatic rings. The Balaban J connectivity index is 1.73. The summed E-state index contributed by atoms with van der Waals surface area (Å²) in [6.45, 7) is 3.05. The minimum Gasteiger partial charge on any atom is -0.450 e. The lowest BCUT2D eigenvalue weighted by atomic mass is 10.1. The number of nitrogens with one attached hydrogen (secondary N) is 2. The van der Waals surface area contributed by atoms with Crippen molar-refractivity contribution in [2.75, 3.05) is 13.2 Å². The highest BCUT2D eigenvalue weighted by Crippen LogP contribution is 2.06. The number of carbonyl (C=O) groups is 2. The Morgan fingerprint density at radius 3 is 2.57 bits per heavy atom. The van der Waals surface area contributed by atoms with Gasteiger partial charge >= 0.3 is 6.09 Å².